The fourth-order valence-electron chi connectivity index (χ4n) is 2.84. The molecule has 3 rings (SSSR count). The van der Waals surface area contributed by atoms with E-state index >= 15 is 0 Å². The first-order chi connectivity index (χ1) is 14.4. The number of carbonyl (C=O) groups excluding carboxylic acids is 2. The van der Waals surface area contributed by atoms with E-state index in [1.807, 2.05) is 49.7 Å². The van der Waals surface area contributed by atoms with Gasteiger partial charge in [0.1, 0.15) is 5.00 Å². The van der Waals surface area contributed by atoms with Crippen molar-refractivity contribution in [2.45, 2.75) is 32.3 Å². The first-order valence-corrected chi connectivity index (χ1v) is 11.4. The van der Waals surface area contributed by atoms with Crippen LogP contribution in [0.4, 0.5) is 5.00 Å². The third kappa shape index (κ3) is 5.09. The second kappa shape index (κ2) is 9.90. The van der Waals surface area contributed by atoms with Gasteiger partial charge in [-0.05, 0) is 32.4 Å². The second-order valence-corrected chi connectivity index (χ2v) is 8.68. The van der Waals surface area contributed by atoms with Crippen LogP contribution in [0, 0.1) is 6.92 Å². The number of nitrogens with one attached hydrogen (secondary N) is 1. The predicted molar refractivity (Wildman–Crippen MR) is 120 cm³/mol. The number of rotatable bonds is 8. The summed E-state index contributed by atoms with van der Waals surface area (Å²) in [7, 11) is 1.88. The van der Waals surface area contributed by atoms with Crippen molar-refractivity contribution in [2.75, 3.05) is 17.7 Å². The molecule has 0 saturated carbocycles. The molecule has 30 heavy (non-hydrogen) atoms. The van der Waals surface area contributed by atoms with Gasteiger partial charge < -0.3 is 14.6 Å². The quantitative estimate of drug-likeness (QED) is 0.411. The molecule has 0 unspecified atom stereocenters. The smallest absolute Gasteiger partial charge is 0.341 e. The number of amides is 1. The van der Waals surface area contributed by atoms with E-state index in [9.17, 15) is 9.59 Å². The average Bonchev–Trinajstić information content (AvgIpc) is 3.30. The normalized spacial score (nSPS) is 10.8. The van der Waals surface area contributed by atoms with E-state index in [0.717, 1.165) is 28.2 Å². The molecule has 0 atom stereocenters. The molecule has 0 aliphatic heterocycles. The first kappa shape index (κ1) is 22.0. The Labute approximate surface area is 183 Å². The molecule has 1 amide bonds. The standard InChI is InChI=1S/C21H24N4O3S2/c1-5-15-11-16(20(27)28-6-2)19(30-15)22-17(26)12-29-21-24-23-18(25(21)4)14-9-7-8-13(3)10-14/h7-11H,5-6,12H2,1-4H3,(H,22,26). The maximum absolute atomic E-state index is 12.5. The van der Waals surface area contributed by atoms with Crippen LogP contribution in [0.2, 0.25) is 0 Å². The van der Waals surface area contributed by atoms with Crippen LogP contribution in [0.25, 0.3) is 11.4 Å². The van der Waals surface area contributed by atoms with Gasteiger partial charge in [0.2, 0.25) is 5.91 Å². The molecule has 2 aromatic heterocycles. The van der Waals surface area contributed by atoms with Crippen LogP contribution in [0.5, 0.6) is 0 Å². The Hall–Kier alpha value is -2.65. The largest absolute Gasteiger partial charge is 0.462 e. The van der Waals surface area contributed by atoms with Gasteiger partial charge in [-0.1, -0.05) is 42.4 Å². The van der Waals surface area contributed by atoms with Crippen LogP contribution in [0.3, 0.4) is 0 Å². The number of aryl methyl sites for hydroxylation is 2. The van der Waals surface area contributed by atoms with Gasteiger partial charge in [-0.2, -0.15) is 0 Å². The van der Waals surface area contributed by atoms with Crippen LogP contribution in [0.15, 0.2) is 35.5 Å². The van der Waals surface area contributed by atoms with Gasteiger partial charge in [0.15, 0.2) is 11.0 Å². The van der Waals surface area contributed by atoms with Crippen molar-refractivity contribution >= 4 is 40.0 Å². The number of nitrogens with zero attached hydrogens (tertiary/aromatic N) is 3. The number of hydrogen-bond donors (Lipinski definition) is 1. The average molecular weight is 445 g/mol. The second-order valence-electron chi connectivity index (χ2n) is 6.60. The zero-order chi connectivity index (χ0) is 21.7. The van der Waals surface area contributed by atoms with E-state index in [4.69, 9.17) is 4.74 Å². The number of thiophene rings is 1. The predicted octanol–water partition coefficient (Wildman–Crippen LogP) is 4.32. The molecule has 0 radical (unpaired) electrons. The summed E-state index contributed by atoms with van der Waals surface area (Å²) in [6.45, 7) is 6.07. The maximum Gasteiger partial charge on any atom is 0.341 e. The van der Waals surface area contributed by atoms with Crippen LogP contribution >= 0.6 is 23.1 Å². The zero-order valence-corrected chi connectivity index (χ0v) is 19.0. The van der Waals surface area contributed by atoms with Gasteiger partial charge >= 0.3 is 5.97 Å². The number of benzene rings is 1. The van der Waals surface area contributed by atoms with Crippen molar-refractivity contribution < 1.29 is 14.3 Å². The Morgan fingerprint density at radius 3 is 2.73 bits per heavy atom. The summed E-state index contributed by atoms with van der Waals surface area (Å²) in [5.41, 5.74) is 2.52. The highest BCUT2D eigenvalue weighted by Crippen LogP contribution is 2.30. The summed E-state index contributed by atoms with van der Waals surface area (Å²) in [5.74, 6) is 0.265. The Balaban J connectivity index is 1.67. The molecule has 1 aromatic carbocycles. The van der Waals surface area contributed by atoms with Crippen molar-refractivity contribution in [3.63, 3.8) is 0 Å². The van der Waals surface area contributed by atoms with E-state index in [0.29, 0.717) is 15.7 Å². The third-order valence-corrected chi connectivity index (χ3v) is 6.54. The third-order valence-electron chi connectivity index (χ3n) is 4.32. The topological polar surface area (TPSA) is 86.1 Å². The highest BCUT2D eigenvalue weighted by Gasteiger charge is 2.19. The lowest BCUT2D eigenvalue weighted by Crippen LogP contribution is -2.16. The van der Waals surface area contributed by atoms with Gasteiger partial charge in [0.05, 0.1) is 17.9 Å². The minimum absolute atomic E-state index is 0.154. The Bertz CT molecular complexity index is 1060. The molecule has 3 aromatic rings. The Morgan fingerprint density at radius 2 is 2.03 bits per heavy atom. The van der Waals surface area contributed by atoms with Crippen molar-refractivity contribution in [3.8, 4) is 11.4 Å². The van der Waals surface area contributed by atoms with Crippen molar-refractivity contribution in [2.24, 2.45) is 7.05 Å². The van der Waals surface area contributed by atoms with Crippen LogP contribution in [-0.4, -0.2) is 39.0 Å². The minimum Gasteiger partial charge on any atom is -0.462 e. The number of aromatic nitrogens is 3. The highest BCUT2D eigenvalue weighted by molar-refractivity contribution is 7.99. The first-order valence-electron chi connectivity index (χ1n) is 9.61. The van der Waals surface area contributed by atoms with Crippen LogP contribution in [0.1, 0.15) is 34.6 Å². The molecule has 1 N–H and O–H groups in total. The minimum atomic E-state index is -0.424. The number of esters is 1. The van der Waals surface area contributed by atoms with Gasteiger partial charge in [-0.15, -0.1) is 21.5 Å². The summed E-state index contributed by atoms with van der Waals surface area (Å²) in [6, 6.07) is 9.81. The maximum atomic E-state index is 12.5. The molecule has 0 spiro atoms. The molecular weight excluding hydrogens is 420 g/mol. The Morgan fingerprint density at radius 1 is 1.23 bits per heavy atom. The number of carbonyl (C=O) groups is 2. The van der Waals surface area contributed by atoms with Gasteiger partial charge in [0.25, 0.3) is 0 Å². The van der Waals surface area contributed by atoms with Crippen molar-refractivity contribution in [1.29, 1.82) is 0 Å². The molecule has 0 fully saturated rings. The summed E-state index contributed by atoms with van der Waals surface area (Å²) in [6.07, 6.45) is 0.780. The van der Waals surface area contributed by atoms with Crippen molar-refractivity contribution in [1.82, 2.24) is 14.8 Å². The Kier molecular flexibility index (Phi) is 7.28. The summed E-state index contributed by atoms with van der Waals surface area (Å²) >= 11 is 2.69. The van der Waals surface area contributed by atoms with E-state index in [1.54, 1.807) is 13.0 Å². The monoisotopic (exact) mass is 444 g/mol. The fraction of sp³-hybridized carbons (Fsp3) is 0.333. The molecule has 9 heteroatoms. The molecule has 0 aliphatic rings. The fourth-order valence-corrected chi connectivity index (χ4v) is 4.55. The van der Waals surface area contributed by atoms with E-state index in [-0.39, 0.29) is 18.3 Å². The van der Waals surface area contributed by atoms with E-state index < -0.39 is 5.97 Å². The van der Waals surface area contributed by atoms with Crippen LogP contribution < -0.4 is 5.32 Å². The molecule has 0 bridgehead atoms. The van der Waals surface area contributed by atoms with Gasteiger partial charge in [-0.25, -0.2) is 4.79 Å². The summed E-state index contributed by atoms with van der Waals surface area (Å²) in [4.78, 5) is 25.7. The van der Waals surface area contributed by atoms with Gasteiger partial charge in [-0.3, -0.25) is 4.79 Å². The lowest BCUT2D eigenvalue weighted by Gasteiger charge is -2.06. The SMILES string of the molecule is CCOC(=O)c1cc(CC)sc1NC(=O)CSc1nnc(-c2cccc(C)c2)n1C. The van der Waals surface area contributed by atoms with Crippen molar-refractivity contribution in [3.05, 3.63) is 46.3 Å². The lowest BCUT2D eigenvalue weighted by molar-refractivity contribution is -0.113. The summed E-state index contributed by atoms with van der Waals surface area (Å²) in [5, 5.41) is 12.5. The number of ether oxygens (including phenoxy) is 1. The number of anilines is 1. The number of thioether (sulfide) groups is 1. The zero-order valence-electron chi connectivity index (χ0n) is 17.4. The molecule has 7 nitrogen and oxygen atoms in total. The molecule has 2 heterocycles. The molecule has 0 saturated heterocycles. The van der Waals surface area contributed by atoms with E-state index in [2.05, 4.69) is 15.5 Å². The molecular formula is C21H24N4O3S2. The summed E-state index contributed by atoms with van der Waals surface area (Å²) < 4.78 is 6.97. The van der Waals surface area contributed by atoms with Gasteiger partial charge in [0, 0.05) is 17.5 Å². The highest BCUT2D eigenvalue weighted by atomic mass is 32.2. The van der Waals surface area contributed by atoms with Crippen LogP contribution in [-0.2, 0) is 23.0 Å². The van der Waals surface area contributed by atoms with E-state index in [1.165, 1.54) is 23.1 Å². The lowest BCUT2D eigenvalue weighted by atomic mass is 10.1. The number of hydrogen-bond acceptors (Lipinski definition) is 7. The molecule has 0 aliphatic carbocycles. The molecule has 158 valence electrons.